The van der Waals surface area contributed by atoms with Crippen LogP contribution in [0.5, 0.6) is 0 Å². The van der Waals surface area contributed by atoms with Gasteiger partial charge in [-0.15, -0.1) is 11.3 Å². The van der Waals surface area contributed by atoms with E-state index in [1.807, 2.05) is 55.5 Å². The second-order valence-corrected chi connectivity index (χ2v) is 8.08. The van der Waals surface area contributed by atoms with Crippen LogP contribution in [0, 0.1) is 10.5 Å². The zero-order valence-electron chi connectivity index (χ0n) is 14.1. The molecule has 0 fully saturated rings. The molecule has 0 saturated carbocycles. The molecule has 0 spiro atoms. The van der Waals surface area contributed by atoms with E-state index in [1.165, 1.54) is 11.3 Å². The number of benzene rings is 2. The first-order valence-electron chi connectivity index (χ1n) is 7.99. The first kappa shape index (κ1) is 18.6. The minimum Gasteiger partial charge on any atom is -0.365 e. The number of halogens is 1. The van der Waals surface area contributed by atoms with E-state index >= 15 is 0 Å². The molecule has 2 aromatic carbocycles. The second kappa shape index (κ2) is 8.01. The Morgan fingerprint density at radius 2 is 1.73 bits per heavy atom. The molecule has 1 aromatic heterocycles. The van der Waals surface area contributed by atoms with Crippen LogP contribution in [0.15, 0.2) is 54.6 Å². The maximum Gasteiger partial charge on any atom is 0.257 e. The lowest BCUT2D eigenvalue weighted by Crippen LogP contribution is -2.18. The van der Waals surface area contributed by atoms with Crippen molar-refractivity contribution in [1.82, 2.24) is 0 Å². The predicted molar refractivity (Wildman–Crippen MR) is 114 cm³/mol. The van der Waals surface area contributed by atoms with E-state index in [0.29, 0.717) is 22.5 Å². The molecule has 3 N–H and O–H groups in total. The molecule has 0 radical (unpaired) electrons. The van der Waals surface area contributed by atoms with Gasteiger partial charge in [0.25, 0.3) is 11.8 Å². The third kappa shape index (κ3) is 3.96. The first-order chi connectivity index (χ1) is 12.5. The predicted octanol–water partition coefficient (Wildman–Crippen LogP) is 4.60. The van der Waals surface area contributed by atoms with Crippen molar-refractivity contribution in [2.45, 2.75) is 13.3 Å². The number of amides is 2. The summed E-state index contributed by atoms with van der Waals surface area (Å²) >= 11 is 3.52. The SMILES string of the molecule is Cc1c(Cc2ccccc2)sc(NC(=O)c2ccccc2I)c1C(N)=O. The first-order valence-corrected chi connectivity index (χ1v) is 9.88. The number of hydrogen-bond donors (Lipinski definition) is 2. The molecule has 0 saturated heterocycles. The lowest BCUT2D eigenvalue weighted by atomic mass is 10.1. The quantitative estimate of drug-likeness (QED) is 0.529. The summed E-state index contributed by atoms with van der Waals surface area (Å²) in [5.74, 6) is -0.777. The van der Waals surface area contributed by atoms with Crippen molar-refractivity contribution in [3.05, 3.63) is 85.3 Å². The van der Waals surface area contributed by atoms with E-state index in [-0.39, 0.29) is 5.91 Å². The van der Waals surface area contributed by atoms with E-state index in [1.54, 1.807) is 6.07 Å². The Kier molecular flexibility index (Phi) is 5.73. The molecule has 0 aliphatic rings. The van der Waals surface area contributed by atoms with Gasteiger partial charge in [0, 0.05) is 14.9 Å². The Balaban J connectivity index is 1.94. The van der Waals surface area contributed by atoms with Gasteiger partial charge >= 0.3 is 0 Å². The van der Waals surface area contributed by atoms with Gasteiger partial charge in [-0.05, 0) is 52.8 Å². The minimum absolute atomic E-state index is 0.245. The lowest BCUT2D eigenvalue weighted by Gasteiger charge is -2.06. The number of carbonyl (C=O) groups is 2. The molecule has 0 atom stereocenters. The lowest BCUT2D eigenvalue weighted by molar-refractivity contribution is 0.100. The van der Waals surface area contributed by atoms with Crippen LogP contribution in [0.25, 0.3) is 0 Å². The van der Waals surface area contributed by atoms with Crippen LogP contribution >= 0.6 is 33.9 Å². The van der Waals surface area contributed by atoms with Crippen LogP contribution in [-0.4, -0.2) is 11.8 Å². The van der Waals surface area contributed by atoms with Crippen LogP contribution < -0.4 is 11.1 Å². The standard InChI is InChI=1S/C20H17IN2O2S/c1-12-16(11-13-7-3-2-4-8-13)26-20(17(12)18(22)24)23-19(25)14-9-5-6-10-15(14)21/h2-10H,11H2,1H3,(H2,22,24)(H,23,25). The number of hydrogen-bond acceptors (Lipinski definition) is 3. The largest absolute Gasteiger partial charge is 0.365 e. The van der Waals surface area contributed by atoms with E-state index in [9.17, 15) is 9.59 Å². The smallest absolute Gasteiger partial charge is 0.257 e. The Labute approximate surface area is 169 Å². The summed E-state index contributed by atoms with van der Waals surface area (Å²) in [6.45, 7) is 1.87. The molecule has 6 heteroatoms. The second-order valence-electron chi connectivity index (χ2n) is 5.81. The Morgan fingerprint density at radius 3 is 2.38 bits per heavy atom. The number of rotatable bonds is 5. The van der Waals surface area contributed by atoms with Gasteiger partial charge < -0.3 is 11.1 Å². The molecular weight excluding hydrogens is 459 g/mol. The molecule has 0 aliphatic carbocycles. The molecule has 1 heterocycles. The number of nitrogens with one attached hydrogen (secondary N) is 1. The van der Waals surface area contributed by atoms with Crippen molar-refractivity contribution in [2.24, 2.45) is 5.73 Å². The summed E-state index contributed by atoms with van der Waals surface area (Å²) in [6, 6.07) is 17.3. The Hall–Kier alpha value is -2.19. The van der Waals surface area contributed by atoms with Gasteiger partial charge in [0.1, 0.15) is 5.00 Å². The highest BCUT2D eigenvalue weighted by molar-refractivity contribution is 14.1. The molecule has 0 bridgehead atoms. The van der Waals surface area contributed by atoms with Crippen molar-refractivity contribution in [3.8, 4) is 0 Å². The Bertz CT molecular complexity index is 967. The minimum atomic E-state index is -0.531. The van der Waals surface area contributed by atoms with Crippen LogP contribution in [0.4, 0.5) is 5.00 Å². The van der Waals surface area contributed by atoms with E-state index in [4.69, 9.17) is 5.73 Å². The van der Waals surface area contributed by atoms with Crippen LogP contribution in [-0.2, 0) is 6.42 Å². The van der Waals surface area contributed by atoms with E-state index in [0.717, 1.165) is 19.6 Å². The highest BCUT2D eigenvalue weighted by Gasteiger charge is 2.21. The fourth-order valence-corrected chi connectivity index (χ4v) is 4.58. The van der Waals surface area contributed by atoms with Gasteiger partial charge in [-0.2, -0.15) is 0 Å². The molecule has 2 amide bonds. The molecule has 3 rings (SSSR count). The Morgan fingerprint density at radius 1 is 1.08 bits per heavy atom. The average molecular weight is 476 g/mol. The summed E-state index contributed by atoms with van der Waals surface area (Å²) in [4.78, 5) is 25.6. The molecule has 132 valence electrons. The molecule has 0 unspecified atom stereocenters. The highest BCUT2D eigenvalue weighted by atomic mass is 127. The number of anilines is 1. The third-order valence-electron chi connectivity index (χ3n) is 4.05. The zero-order chi connectivity index (χ0) is 18.7. The summed E-state index contributed by atoms with van der Waals surface area (Å²) in [5.41, 5.74) is 8.50. The number of carbonyl (C=O) groups excluding carboxylic acids is 2. The molecule has 4 nitrogen and oxygen atoms in total. The summed E-state index contributed by atoms with van der Waals surface area (Å²) < 4.78 is 0.848. The fraction of sp³-hybridized carbons (Fsp3) is 0.100. The number of primary amides is 1. The van der Waals surface area contributed by atoms with Crippen molar-refractivity contribution in [1.29, 1.82) is 0 Å². The average Bonchev–Trinajstić information content (AvgIpc) is 2.91. The zero-order valence-corrected chi connectivity index (χ0v) is 17.1. The maximum atomic E-state index is 12.6. The number of nitrogens with two attached hydrogens (primary N) is 1. The molecule has 3 aromatic rings. The van der Waals surface area contributed by atoms with Crippen LogP contribution in [0.1, 0.15) is 36.7 Å². The van der Waals surface area contributed by atoms with Gasteiger partial charge in [0.05, 0.1) is 11.1 Å². The van der Waals surface area contributed by atoms with Crippen molar-refractivity contribution < 1.29 is 9.59 Å². The summed E-state index contributed by atoms with van der Waals surface area (Å²) in [6.07, 6.45) is 0.691. The van der Waals surface area contributed by atoms with Crippen molar-refractivity contribution >= 4 is 50.7 Å². The maximum absolute atomic E-state index is 12.6. The summed E-state index contributed by atoms with van der Waals surface area (Å²) in [7, 11) is 0. The van der Waals surface area contributed by atoms with Crippen molar-refractivity contribution in [2.75, 3.05) is 5.32 Å². The van der Waals surface area contributed by atoms with Crippen LogP contribution in [0.2, 0.25) is 0 Å². The summed E-state index contributed by atoms with van der Waals surface area (Å²) in [5, 5.41) is 3.38. The topological polar surface area (TPSA) is 72.2 Å². The monoisotopic (exact) mass is 476 g/mol. The van der Waals surface area contributed by atoms with Gasteiger partial charge in [-0.3, -0.25) is 9.59 Å². The van der Waals surface area contributed by atoms with Crippen molar-refractivity contribution in [3.63, 3.8) is 0 Å². The fourth-order valence-electron chi connectivity index (χ4n) is 2.71. The molecular formula is C20H17IN2O2S. The van der Waals surface area contributed by atoms with Gasteiger partial charge in [-0.25, -0.2) is 0 Å². The van der Waals surface area contributed by atoms with Gasteiger partial charge in [-0.1, -0.05) is 42.5 Å². The normalized spacial score (nSPS) is 10.5. The van der Waals surface area contributed by atoms with Gasteiger partial charge in [0.15, 0.2) is 0 Å². The van der Waals surface area contributed by atoms with Crippen LogP contribution in [0.3, 0.4) is 0 Å². The van der Waals surface area contributed by atoms with E-state index in [2.05, 4.69) is 27.9 Å². The number of thiophene rings is 1. The van der Waals surface area contributed by atoms with E-state index < -0.39 is 5.91 Å². The van der Waals surface area contributed by atoms with Gasteiger partial charge in [0.2, 0.25) is 0 Å². The highest BCUT2D eigenvalue weighted by Crippen LogP contribution is 2.34. The molecule has 0 aliphatic heterocycles. The molecule has 26 heavy (non-hydrogen) atoms. The third-order valence-corrected chi connectivity index (χ3v) is 6.19.